The molecule has 0 saturated carbocycles. The second-order valence-electron chi connectivity index (χ2n) is 5.95. The van der Waals surface area contributed by atoms with Crippen molar-refractivity contribution >= 4 is 15.7 Å². The topological polar surface area (TPSA) is 75.3 Å². The van der Waals surface area contributed by atoms with E-state index in [2.05, 4.69) is 17.6 Å². The lowest BCUT2D eigenvalue weighted by molar-refractivity contribution is -0.126. The van der Waals surface area contributed by atoms with E-state index in [1.54, 1.807) is 13.8 Å². The molecule has 0 spiro atoms. The van der Waals surface area contributed by atoms with Crippen LogP contribution in [-0.2, 0) is 14.6 Å². The Bertz CT molecular complexity index is 404. The van der Waals surface area contributed by atoms with Crippen LogP contribution < -0.4 is 10.6 Å². The maximum Gasteiger partial charge on any atom is 0.224 e. The van der Waals surface area contributed by atoms with E-state index in [1.807, 2.05) is 0 Å². The van der Waals surface area contributed by atoms with Crippen LogP contribution in [0.25, 0.3) is 0 Å². The van der Waals surface area contributed by atoms with Gasteiger partial charge in [-0.1, -0.05) is 6.92 Å². The van der Waals surface area contributed by atoms with Crippen LogP contribution in [0.5, 0.6) is 0 Å². The molecule has 0 aromatic heterocycles. The van der Waals surface area contributed by atoms with E-state index in [4.69, 9.17) is 0 Å². The summed E-state index contributed by atoms with van der Waals surface area (Å²) in [6.45, 7) is 7.14. The van der Waals surface area contributed by atoms with Crippen LogP contribution in [0.4, 0.5) is 0 Å². The van der Waals surface area contributed by atoms with Crippen molar-refractivity contribution < 1.29 is 13.2 Å². The molecule has 6 heteroatoms. The van der Waals surface area contributed by atoms with Gasteiger partial charge >= 0.3 is 0 Å². The third-order valence-corrected chi connectivity index (χ3v) is 5.79. The Morgan fingerprint density at radius 3 is 2.50 bits per heavy atom. The molecule has 1 amide bonds. The zero-order valence-corrected chi connectivity index (χ0v) is 12.4. The Labute approximate surface area is 110 Å². The van der Waals surface area contributed by atoms with E-state index in [0.29, 0.717) is 12.5 Å². The quantitative estimate of drug-likeness (QED) is 0.767. The van der Waals surface area contributed by atoms with Gasteiger partial charge in [-0.15, -0.1) is 0 Å². The minimum absolute atomic E-state index is 0.0502. The number of piperidine rings is 1. The molecule has 2 atom stereocenters. The van der Waals surface area contributed by atoms with Crippen LogP contribution in [0.1, 0.15) is 27.2 Å². The first kappa shape index (κ1) is 15.4. The maximum atomic E-state index is 12.0. The summed E-state index contributed by atoms with van der Waals surface area (Å²) in [6.07, 6.45) is 2.06. The molecule has 1 aliphatic heterocycles. The van der Waals surface area contributed by atoms with E-state index in [0.717, 1.165) is 13.0 Å². The molecular formula is C12H24N2O3S. The predicted molar refractivity (Wildman–Crippen MR) is 72.1 cm³/mol. The van der Waals surface area contributed by atoms with Gasteiger partial charge in [0.2, 0.25) is 5.91 Å². The first-order valence-electron chi connectivity index (χ1n) is 6.31. The summed E-state index contributed by atoms with van der Waals surface area (Å²) in [7, 11) is -3.17. The highest BCUT2D eigenvalue weighted by atomic mass is 32.2. The van der Waals surface area contributed by atoms with E-state index in [9.17, 15) is 13.2 Å². The van der Waals surface area contributed by atoms with Gasteiger partial charge in [-0.25, -0.2) is 8.42 Å². The van der Waals surface area contributed by atoms with Crippen molar-refractivity contribution in [3.8, 4) is 0 Å². The number of hydrogen-bond acceptors (Lipinski definition) is 4. The van der Waals surface area contributed by atoms with E-state index in [-0.39, 0.29) is 18.4 Å². The van der Waals surface area contributed by atoms with Gasteiger partial charge < -0.3 is 10.6 Å². The monoisotopic (exact) mass is 276 g/mol. The van der Waals surface area contributed by atoms with Crippen LogP contribution >= 0.6 is 0 Å². The SMILES string of the molecule is CC1CNCC(C(=O)NCC(C)(C)S(C)(=O)=O)C1. The van der Waals surface area contributed by atoms with Gasteiger partial charge in [0, 0.05) is 19.3 Å². The number of carbonyl (C=O) groups is 1. The molecule has 0 aromatic carbocycles. The number of rotatable bonds is 4. The van der Waals surface area contributed by atoms with E-state index >= 15 is 0 Å². The lowest BCUT2D eigenvalue weighted by atomic mass is 9.91. The van der Waals surface area contributed by atoms with E-state index < -0.39 is 14.6 Å². The van der Waals surface area contributed by atoms with Crippen LogP contribution in [0.3, 0.4) is 0 Å². The van der Waals surface area contributed by atoms with Gasteiger partial charge in [-0.3, -0.25) is 4.79 Å². The van der Waals surface area contributed by atoms with Crippen LogP contribution in [-0.4, -0.2) is 45.0 Å². The maximum absolute atomic E-state index is 12.0. The molecule has 106 valence electrons. The fourth-order valence-corrected chi connectivity index (χ4v) is 2.27. The molecular weight excluding hydrogens is 252 g/mol. The number of sulfone groups is 1. The average Bonchev–Trinajstić information content (AvgIpc) is 2.24. The van der Waals surface area contributed by atoms with Gasteiger partial charge in [0.1, 0.15) is 0 Å². The Morgan fingerprint density at radius 2 is 2.00 bits per heavy atom. The molecule has 0 radical (unpaired) electrons. The largest absolute Gasteiger partial charge is 0.354 e. The zero-order valence-electron chi connectivity index (χ0n) is 11.6. The third-order valence-electron chi connectivity index (χ3n) is 3.63. The van der Waals surface area contributed by atoms with Crippen molar-refractivity contribution in [2.45, 2.75) is 31.9 Å². The summed E-state index contributed by atoms with van der Waals surface area (Å²) < 4.78 is 22.1. The summed E-state index contributed by atoms with van der Waals surface area (Å²) in [5, 5.41) is 5.98. The van der Waals surface area contributed by atoms with Crippen molar-refractivity contribution in [1.82, 2.24) is 10.6 Å². The molecule has 1 heterocycles. The molecule has 1 saturated heterocycles. The number of hydrogen-bond donors (Lipinski definition) is 2. The van der Waals surface area contributed by atoms with Gasteiger partial charge in [-0.2, -0.15) is 0 Å². The summed E-state index contributed by atoms with van der Waals surface area (Å²) in [6, 6.07) is 0. The minimum atomic E-state index is -3.17. The van der Waals surface area contributed by atoms with Crippen LogP contribution in [0, 0.1) is 11.8 Å². The molecule has 18 heavy (non-hydrogen) atoms. The second-order valence-corrected chi connectivity index (χ2v) is 8.60. The molecule has 0 aliphatic carbocycles. The molecule has 1 aliphatic rings. The second kappa shape index (κ2) is 5.57. The molecule has 0 aromatic rings. The Morgan fingerprint density at radius 1 is 1.39 bits per heavy atom. The molecule has 0 bridgehead atoms. The number of nitrogens with one attached hydrogen (secondary N) is 2. The minimum Gasteiger partial charge on any atom is -0.354 e. The molecule has 2 N–H and O–H groups in total. The van der Waals surface area contributed by atoms with Crippen LogP contribution in [0.15, 0.2) is 0 Å². The smallest absolute Gasteiger partial charge is 0.224 e. The van der Waals surface area contributed by atoms with Crippen molar-refractivity contribution in [2.24, 2.45) is 11.8 Å². The highest BCUT2D eigenvalue weighted by Gasteiger charge is 2.32. The molecule has 5 nitrogen and oxygen atoms in total. The fraction of sp³-hybridized carbons (Fsp3) is 0.917. The van der Waals surface area contributed by atoms with Gasteiger partial charge in [0.25, 0.3) is 0 Å². The number of carbonyl (C=O) groups excluding carboxylic acids is 1. The predicted octanol–water partition coefficient (Wildman–Crippen LogP) is 0.171. The summed E-state index contributed by atoms with van der Waals surface area (Å²) in [5.41, 5.74) is 0. The third kappa shape index (κ3) is 3.95. The summed E-state index contributed by atoms with van der Waals surface area (Å²) >= 11 is 0. The average molecular weight is 276 g/mol. The van der Waals surface area contributed by atoms with Gasteiger partial charge in [0.15, 0.2) is 9.84 Å². The summed E-state index contributed by atoms with van der Waals surface area (Å²) in [4.78, 5) is 12.0. The fourth-order valence-electron chi connectivity index (χ4n) is 1.93. The number of amides is 1. The Kier molecular flexibility index (Phi) is 4.78. The van der Waals surface area contributed by atoms with E-state index in [1.165, 1.54) is 6.26 Å². The lowest BCUT2D eigenvalue weighted by Gasteiger charge is -2.29. The van der Waals surface area contributed by atoms with Gasteiger partial charge in [0.05, 0.1) is 10.7 Å². The Hall–Kier alpha value is -0.620. The van der Waals surface area contributed by atoms with Gasteiger partial charge in [-0.05, 0) is 32.7 Å². The zero-order chi connectivity index (χ0) is 14.0. The van der Waals surface area contributed by atoms with Crippen molar-refractivity contribution in [1.29, 1.82) is 0 Å². The molecule has 2 unspecified atom stereocenters. The van der Waals surface area contributed by atoms with Crippen molar-refractivity contribution in [3.05, 3.63) is 0 Å². The normalized spacial score (nSPS) is 25.8. The highest BCUT2D eigenvalue weighted by molar-refractivity contribution is 7.92. The molecule has 1 fully saturated rings. The highest BCUT2D eigenvalue weighted by Crippen LogP contribution is 2.17. The standard InChI is InChI=1S/C12H24N2O3S/c1-9-5-10(7-13-6-9)11(15)14-8-12(2,3)18(4,16)17/h9-10,13H,5-8H2,1-4H3,(H,14,15). The summed E-state index contributed by atoms with van der Waals surface area (Å²) in [5.74, 6) is 0.382. The lowest BCUT2D eigenvalue weighted by Crippen LogP contribution is -2.48. The van der Waals surface area contributed by atoms with Crippen molar-refractivity contribution in [2.75, 3.05) is 25.9 Å². The Balaban J connectivity index is 2.51. The molecule has 1 rings (SSSR count). The first-order chi connectivity index (χ1) is 8.13. The van der Waals surface area contributed by atoms with Crippen molar-refractivity contribution in [3.63, 3.8) is 0 Å². The van der Waals surface area contributed by atoms with Crippen LogP contribution in [0.2, 0.25) is 0 Å². The first-order valence-corrected chi connectivity index (χ1v) is 8.20.